The van der Waals surface area contributed by atoms with Crippen molar-refractivity contribution in [1.82, 2.24) is 5.32 Å². The van der Waals surface area contributed by atoms with Crippen LogP contribution in [0.3, 0.4) is 0 Å². The Bertz CT molecular complexity index is 461. The monoisotopic (exact) mass is 301 g/mol. The van der Waals surface area contributed by atoms with E-state index in [2.05, 4.69) is 0 Å². The van der Waals surface area contributed by atoms with Crippen LogP contribution < -0.4 is 5.32 Å². The van der Waals surface area contributed by atoms with E-state index >= 15 is 0 Å². The van der Waals surface area contributed by atoms with Crippen LogP contribution in [-0.2, 0) is 11.2 Å². The van der Waals surface area contributed by atoms with Gasteiger partial charge in [-0.05, 0) is 24.1 Å². The largest absolute Gasteiger partial charge is 0.463 e. The van der Waals surface area contributed by atoms with Gasteiger partial charge in [-0.1, -0.05) is 23.7 Å². The van der Waals surface area contributed by atoms with E-state index in [1.54, 1.807) is 23.5 Å². The molecule has 0 atom stereocenters. The van der Waals surface area contributed by atoms with Gasteiger partial charge >= 0.3 is 12.1 Å². The third kappa shape index (κ3) is 4.05. The molecular weight excluding hydrogens is 293 g/mol. The van der Waals surface area contributed by atoms with Crippen LogP contribution in [0.1, 0.15) is 5.56 Å². The summed E-state index contributed by atoms with van der Waals surface area (Å²) in [6.45, 7) is -0.342. The lowest BCUT2D eigenvalue weighted by atomic mass is 10.1. The van der Waals surface area contributed by atoms with Crippen molar-refractivity contribution in [3.05, 3.63) is 34.9 Å². The number of rotatable bonds is 4. The fourth-order valence-corrected chi connectivity index (χ4v) is 1.47. The molecular formula is C11H9ClF5NO. The van der Waals surface area contributed by atoms with Gasteiger partial charge in [0.25, 0.3) is 5.91 Å². The normalized spacial score (nSPS) is 12.3. The molecule has 0 aromatic heterocycles. The van der Waals surface area contributed by atoms with Crippen LogP contribution in [0.5, 0.6) is 0 Å². The number of hydrogen-bond acceptors (Lipinski definition) is 1. The Morgan fingerprint density at radius 3 is 2.37 bits per heavy atom. The average Bonchev–Trinajstić information content (AvgIpc) is 2.27. The van der Waals surface area contributed by atoms with Crippen molar-refractivity contribution in [2.45, 2.75) is 18.5 Å². The maximum Gasteiger partial charge on any atom is 0.463 e. The molecule has 0 bridgehead atoms. The predicted octanol–water partition coefficient (Wildman–Crippen LogP) is 3.20. The summed E-state index contributed by atoms with van der Waals surface area (Å²) in [5.41, 5.74) is 0.614. The molecule has 1 rings (SSSR count). The first-order valence-corrected chi connectivity index (χ1v) is 5.49. The number of hydrogen-bond donors (Lipinski definition) is 1. The summed E-state index contributed by atoms with van der Waals surface area (Å²) in [4.78, 5) is 10.8. The van der Waals surface area contributed by atoms with E-state index in [0.717, 1.165) is 0 Å². The van der Waals surface area contributed by atoms with Crippen LogP contribution in [0, 0.1) is 0 Å². The van der Waals surface area contributed by atoms with Gasteiger partial charge in [-0.15, -0.1) is 0 Å². The molecule has 19 heavy (non-hydrogen) atoms. The summed E-state index contributed by atoms with van der Waals surface area (Å²) in [7, 11) is 0. The topological polar surface area (TPSA) is 29.1 Å². The van der Waals surface area contributed by atoms with Crippen LogP contribution in [-0.4, -0.2) is 24.6 Å². The van der Waals surface area contributed by atoms with E-state index in [1.165, 1.54) is 6.07 Å². The van der Waals surface area contributed by atoms with Crippen LogP contribution in [0.15, 0.2) is 24.3 Å². The quantitative estimate of drug-likeness (QED) is 0.850. The maximum atomic E-state index is 12.6. The van der Waals surface area contributed by atoms with Crippen LogP contribution in [0.25, 0.3) is 0 Å². The minimum absolute atomic E-state index is 0.0975. The number of benzene rings is 1. The Hall–Kier alpha value is -1.37. The molecule has 0 aliphatic rings. The number of nitrogens with one attached hydrogen (secondary N) is 1. The van der Waals surface area contributed by atoms with Gasteiger partial charge in [0.2, 0.25) is 0 Å². The van der Waals surface area contributed by atoms with Gasteiger partial charge in [-0.25, -0.2) is 0 Å². The highest BCUT2D eigenvalue weighted by molar-refractivity contribution is 6.30. The predicted molar refractivity (Wildman–Crippen MR) is 59.2 cm³/mol. The zero-order valence-electron chi connectivity index (χ0n) is 9.40. The van der Waals surface area contributed by atoms with E-state index in [-0.39, 0.29) is 13.0 Å². The Morgan fingerprint density at radius 1 is 1.21 bits per heavy atom. The summed E-state index contributed by atoms with van der Waals surface area (Å²) in [5, 5.41) is 1.95. The van der Waals surface area contributed by atoms with Crippen molar-refractivity contribution < 1.29 is 26.7 Å². The van der Waals surface area contributed by atoms with E-state index in [4.69, 9.17) is 11.6 Å². The second-order valence-electron chi connectivity index (χ2n) is 3.71. The van der Waals surface area contributed by atoms with Crippen molar-refractivity contribution in [1.29, 1.82) is 0 Å². The first kappa shape index (κ1) is 15.7. The number of carbonyl (C=O) groups excluding carboxylic acids is 1. The molecule has 0 spiro atoms. The highest BCUT2D eigenvalue weighted by Crippen LogP contribution is 2.35. The van der Waals surface area contributed by atoms with E-state index in [1.807, 2.05) is 0 Å². The second-order valence-corrected chi connectivity index (χ2v) is 4.14. The van der Waals surface area contributed by atoms with Crippen LogP contribution in [0.4, 0.5) is 22.0 Å². The zero-order valence-corrected chi connectivity index (χ0v) is 10.2. The molecule has 8 heteroatoms. The molecule has 1 aromatic rings. The Morgan fingerprint density at radius 2 is 1.84 bits per heavy atom. The minimum Gasteiger partial charge on any atom is -0.350 e. The molecule has 0 unspecified atom stereocenters. The molecule has 1 N–H and O–H groups in total. The first-order chi connectivity index (χ1) is 8.64. The lowest BCUT2D eigenvalue weighted by molar-refractivity contribution is -0.269. The van der Waals surface area contributed by atoms with Crippen molar-refractivity contribution in [2.24, 2.45) is 0 Å². The Balaban J connectivity index is 2.52. The van der Waals surface area contributed by atoms with Crippen LogP contribution >= 0.6 is 11.6 Å². The van der Waals surface area contributed by atoms with E-state index in [9.17, 15) is 26.7 Å². The molecule has 2 nitrogen and oxygen atoms in total. The van der Waals surface area contributed by atoms with Crippen molar-refractivity contribution >= 4 is 17.5 Å². The highest BCUT2D eigenvalue weighted by Gasteiger charge is 2.63. The van der Waals surface area contributed by atoms with Crippen molar-refractivity contribution in [3.63, 3.8) is 0 Å². The first-order valence-electron chi connectivity index (χ1n) is 5.12. The standard InChI is InChI=1S/C11H9ClF5NO/c12-8-3-1-2-7(6-8)4-5-18-9(19)10(13,14)11(15,16)17/h1-3,6H,4-5H2,(H,18,19). The molecule has 0 fully saturated rings. The third-order valence-electron chi connectivity index (χ3n) is 2.23. The van der Waals surface area contributed by atoms with Crippen molar-refractivity contribution in [2.75, 3.05) is 6.54 Å². The Kier molecular flexibility index (Phi) is 4.73. The van der Waals surface area contributed by atoms with Gasteiger partial charge in [0, 0.05) is 11.6 Å². The van der Waals surface area contributed by atoms with Gasteiger partial charge in [-0.3, -0.25) is 4.79 Å². The van der Waals surface area contributed by atoms with E-state index in [0.29, 0.717) is 10.6 Å². The minimum atomic E-state index is -5.90. The fraction of sp³-hybridized carbons (Fsp3) is 0.364. The number of amides is 1. The average molecular weight is 302 g/mol. The number of halogens is 6. The summed E-state index contributed by atoms with van der Waals surface area (Å²) >= 11 is 5.66. The number of alkyl halides is 5. The van der Waals surface area contributed by atoms with Crippen LogP contribution in [0.2, 0.25) is 5.02 Å². The zero-order chi connectivity index (χ0) is 14.7. The van der Waals surface area contributed by atoms with Crippen molar-refractivity contribution in [3.8, 4) is 0 Å². The Labute approximate surface area is 110 Å². The highest BCUT2D eigenvalue weighted by atomic mass is 35.5. The fourth-order valence-electron chi connectivity index (χ4n) is 1.25. The maximum absolute atomic E-state index is 12.6. The summed E-state index contributed by atoms with van der Waals surface area (Å²) in [6.07, 6.45) is -5.80. The van der Waals surface area contributed by atoms with Gasteiger partial charge in [0.1, 0.15) is 0 Å². The van der Waals surface area contributed by atoms with Gasteiger partial charge < -0.3 is 5.32 Å². The molecule has 106 valence electrons. The third-order valence-corrected chi connectivity index (χ3v) is 2.46. The molecule has 0 radical (unpaired) electrons. The summed E-state index contributed by atoms with van der Waals surface area (Å²) in [6, 6.07) is 6.32. The molecule has 1 amide bonds. The second kappa shape index (κ2) is 5.73. The lowest BCUT2D eigenvalue weighted by Gasteiger charge is -2.18. The smallest absolute Gasteiger partial charge is 0.350 e. The molecule has 0 aliphatic heterocycles. The van der Waals surface area contributed by atoms with E-state index < -0.39 is 18.0 Å². The summed E-state index contributed by atoms with van der Waals surface area (Å²) in [5.74, 6) is -7.75. The van der Waals surface area contributed by atoms with Gasteiger partial charge in [-0.2, -0.15) is 22.0 Å². The lowest BCUT2D eigenvalue weighted by Crippen LogP contribution is -2.50. The van der Waals surface area contributed by atoms with Gasteiger partial charge in [0.05, 0.1) is 0 Å². The molecule has 0 saturated heterocycles. The molecule has 1 aromatic carbocycles. The summed E-state index contributed by atoms with van der Waals surface area (Å²) < 4.78 is 60.7. The SMILES string of the molecule is O=C(NCCc1cccc(Cl)c1)C(F)(F)C(F)(F)F. The molecule has 0 aliphatic carbocycles. The molecule has 0 saturated carbocycles. The molecule has 0 heterocycles. The van der Waals surface area contributed by atoms with Gasteiger partial charge in [0.15, 0.2) is 0 Å². The number of carbonyl (C=O) groups is 1.